The van der Waals surface area contributed by atoms with Crippen molar-refractivity contribution in [2.75, 3.05) is 4.90 Å². The molecule has 1 aliphatic carbocycles. The molecule has 0 saturated heterocycles. The molecule has 13 aromatic rings. The van der Waals surface area contributed by atoms with Crippen molar-refractivity contribution in [2.24, 2.45) is 0 Å². The van der Waals surface area contributed by atoms with Gasteiger partial charge in [-0.2, -0.15) is 0 Å². The number of rotatable bonds is 7. The highest BCUT2D eigenvalue weighted by Crippen LogP contribution is 2.56. The average molecular weight is 877 g/mol. The minimum Gasteiger partial charge on any atom is -0.309 e. The Morgan fingerprint density at radius 3 is 1.57 bits per heavy atom. The minimum absolute atomic E-state index is 0.475. The van der Waals surface area contributed by atoms with Crippen LogP contribution in [0.4, 0.5) is 17.1 Å². The van der Waals surface area contributed by atoms with Crippen molar-refractivity contribution >= 4 is 71.2 Å². The number of aromatic nitrogens is 1. The number of anilines is 3. The van der Waals surface area contributed by atoms with Crippen molar-refractivity contribution in [1.82, 2.24) is 4.57 Å². The first-order valence-corrected chi connectivity index (χ1v) is 23.9. The molecule has 0 bridgehead atoms. The fourth-order valence-electron chi connectivity index (χ4n) is 11.8. The summed E-state index contributed by atoms with van der Waals surface area (Å²) in [6, 6.07) is 98.7. The van der Waals surface area contributed by atoms with Gasteiger partial charge < -0.3 is 9.47 Å². The molecular formula is C67H44N2. The van der Waals surface area contributed by atoms with Crippen molar-refractivity contribution < 1.29 is 0 Å². The molecule has 1 heterocycles. The summed E-state index contributed by atoms with van der Waals surface area (Å²) in [7, 11) is 0. The predicted molar refractivity (Wildman–Crippen MR) is 291 cm³/mol. The smallest absolute Gasteiger partial charge is 0.0714 e. The lowest BCUT2D eigenvalue weighted by Crippen LogP contribution is -2.28. The number of para-hydroxylation sites is 1. The van der Waals surface area contributed by atoms with Gasteiger partial charge in [0.1, 0.15) is 0 Å². The monoisotopic (exact) mass is 876 g/mol. The van der Waals surface area contributed by atoms with Crippen LogP contribution in [0, 0.1) is 0 Å². The second-order valence-corrected chi connectivity index (χ2v) is 18.4. The molecule has 0 fully saturated rings. The summed E-state index contributed by atoms with van der Waals surface area (Å²) < 4.78 is 2.47. The number of hydrogen-bond acceptors (Lipinski definition) is 1. The van der Waals surface area contributed by atoms with E-state index < -0.39 is 5.41 Å². The van der Waals surface area contributed by atoms with E-state index in [-0.39, 0.29) is 0 Å². The zero-order valence-corrected chi connectivity index (χ0v) is 37.8. The number of nitrogens with zero attached hydrogens (tertiary/aromatic N) is 2. The highest BCUT2D eigenvalue weighted by Gasteiger charge is 2.46. The molecule has 1 aromatic heterocycles. The molecule has 322 valence electrons. The maximum atomic E-state index is 2.47. The molecule has 12 aromatic carbocycles. The van der Waals surface area contributed by atoms with Crippen LogP contribution in [0.15, 0.2) is 267 Å². The van der Waals surface area contributed by atoms with Gasteiger partial charge in [-0.15, -0.1) is 0 Å². The molecule has 0 radical (unpaired) electrons. The summed E-state index contributed by atoms with van der Waals surface area (Å²) in [6.07, 6.45) is 0. The summed E-state index contributed by atoms with van der Waals surface area (Å²) in [5.41, 5.74) is 16.6. The Bertz CT molecular complexity index is 4020. The van der Waals surface area contributed by atoms with Crippen LogP contribution in [0.25, 0.3) is 82.1 Å². The van der Waals surface area contributed by atoms with Gasteiger partial charge in [-0.3, -0.25) is 0 Å². The van der Waals surface area contributed by atoms with Gasteiger partial charge in [0.2, 0.25) is 0 Å². The van der Waals surface area contributed by atoms with Crippen LogP contribution in [0.5, 0.6) is 0 Å². The molecule has 0 amide bonds. The fourth-order valence-corrected chi connectivity index (χ4v) is 11.8. The molecule has 14 rings (SSSR count). The van der Waals surface area contributed by atoms with Gasteiger partial charge in [-0.25, -0.2) is 0 Å². The molecule has 1 aliphatic rings. The van der Waals surface area contributed by atoms with Crippen LogP contribution in [0.1, 0.15) is 22.3 Å². The van der Waals surface area contributed by atoms with Crippen LogP contribution in [-0.2, 0) is 5.41 Å². The van der Waals surface area contributed by atoms with E-state index in [9.17, 15) is 0 Å². The minimum atomic E-state index is -0.475. The van der Waals surface area contributed by atoms with Gasteiger partial charge in [0.05, 0.1) is 27.8 Å². The Hall–Kier alpha value is -8.98. The lowest BCUT2D eigenvalue weighted by atomic mass is 9.67. The SMILES string of the molecule is c1ccc(C2(c3ccccc3)c3ccccc3-c3ccc(-n4c5ccccc5c5cc(-c6ccc7cc(N(c8cccc9ccccc89)c8cccc9ccccc89)ccc7c6)ccc54)cc32)cc1. The third-order valence-electron chi connectivity index (χ3n) is 14.8. The molecule has 0 saturated carbocycles. The topological polar surface area (TPSA) is 8.17 Å². The van der Waals surface area contributed by atoms with Gasteiger partial charge in [0.15, 0.2) is 0 Å². The van der Waals surface area contributed by atoms with Crippen LogP contribution < -0.4 is 4.90 Å². The van der Waals surface area contributed by atoms with Gasteiger partial charge >= 0.3 is 0 Å². The number of fused-ring (bicyclic) bond motifs is 9. The van der Waals surface area contributed by atoms with Crippen molar-refractivity contribution in [2.45, 2.75) is 5.41 Å². The van der Waals surface area contributed by atoms with E-state index in [0.717, 1.165) is 22.7 Å². The lowest BCUT2D eigenvalue weighted by molar-refractivity contribution is 0.767. The predicted octanol–water partition coefficient (Wildman–Crippen LogP) is 17.7. The second-order valence-electron chi connectivity index (χ2n) is 18.4. The normalized spacial score (nSPS) is 12.8. The molecule has 0 aliphatic heterocycles. The summed E-state index contributed by atoms with van der Waals surface area (Å²) >= 11 is 0. The van der Waals surface area contributed by atoms with E-state index in [1.165, 1.54) is 98.6 Å². The summed E-state index contributed by atoms with van der Waals surface area (Å²) in [5.74, 6) is 0. The van der Waals surface area contributed by atoms with E-state index in [4.69, 9.17) is 0 Å². The number of benzene rings is 12. The molecule has 0 N–H and O–H groups in total. The Balaban J connectivity index is 0.894. The molecule has 0 spiro atoms. The fraction of sp³-hybridized carbons (Fsp3) is 0.0149. The molecule has 2 nitrogen and oxygen atoms in total. The van der Waals surface area contributed by atoms with E-state index in [1.807, 2.05) is 0 Å². The van der Waals surface area contributed by atoms with Crippen LogP contribution in [0.3, 0.4) is 0 Å². The molecule has 2 heteroatoms. The quantitative estimate of drug-likeness (QED) is 0.155. The first kappa shape index (κ1) is 39.2. The molecule has 0 atom stereocenters. The van der Waals surface area contributed by atoms with E-state index in [0.29, 0.717) is 0 Å². The Labute approximate surface area is 401 Å². The average Bonchev–Trinajstić information content (AvgIpc) is 3.91. The van der Waals surface area contributed by atoms with Gasteiger partial charge in [-0.1, -0.05) is 206 Å². The summed E-state index contributed by atoms with van der Waals surface area (Å²) in [5, 5.41) is 9.75. The highest BCUT2D eigenvalue weighted by atomic mass is 15.1. The number of hydrogen-bond donors (Lipinski definition) is 0. The maximum absolute atomic E-state index is 2.47. The Kier molecular flexibility index (Phi) is 8.84. The first-order valence-electron chi connectivity index (χ1n) is 23.9. The third-order valence-corrected chi connectivity index (χ3v) is 14.8. The van der Waals surface area contributed by atoms with Crippen molar-refractivity contribution in [3.8, 4) is 27.9 Å². The zero-order valence-electron chi connectivity index (χ0n) is 37.8. The van der Waals surface area contributed by atoms with E-state index >= 15 is 0 Å². The van der Waals surface area contributed by atoms with Crippen LogP contribution in [0.2, 0.25) is 0 Å². The highest BCUT2D eigenvalue weighted by molar-refractivity contribution is 6.11. The standard InChI is InChI=1S/C67H44N2/c1-3-21-51(22-4-1)67(52-23-5-2-6-24-52)61-29-13-11-27-57(61)58-39-38-54(44-62(58)67)69-65-30-14-12-28-59(65)60-43-50(36-40-66(60)69)47-33-34-49-42-53(37-35-48(49)41-47)68(63-31-15-19-45-17-7-9-25-55(45)63)64-32-16-20-46-18-8-10-26-56(46)64/h1-44H. The lowest BCUT2D eigenvalue weighted by Gasteiger charge is -2.34. The second kappa shape index (κ2) is 15.6. The molecular weight excluding hydrogens is 833 g/mol. The van der Waals surface area contributed by atoms with Crippen molar-refractivity contribution in [1.29, 1.82) is 0 Å². The van der Waals surface area contributed by atoms with Gasteiger partial charge in [-0.05, 0) is 127 Å². The van der Waals surface area contributed by atoms with Crippen molar-refractivity contribution in [3.63, 3.8) is 0 Å². The van der Waals surface area contributed by atoms with Crippen LogP contribution >= 0.6 is 0 Å². The van der Waals surface area contributed by atoms with Crippen molar-refractivity contribution in [3.05, 3.63) is 289 Å². The van der Waals surface area contributed by atoms with Gasteiger partial charge in [0.25, 0.3) is 0 Å². The molecule has 0 unspecified atom stereocenters. The Morgan fingerprint density at radius 2 is 0.841 bits per heavy atom. The first-order chi connectivity index (χ1) is 34.2. The molecule has 69 heavy (non-hydrogen) atoms. The Morgan fingerprint density at radius 1 is 0.304 bits per heavy atom. The zero-order chi connectivity index (χ0) is 45.5. The summed E-state index contributed by atoms with van der Waals surface area (Å²) in [4.78, 5) is 2.44. The van der Waals surface area contributed by atoms with E-state index in [2.05, 4.69) is 276 Å². The maximum Gasteiger partial charge on any atom is 0.0714 e. The van der Waals surface area contributed by atoms with Crippen LogP contribution in [-0.4, -0.2) is 4.57 Å². The van der Waals surface area contributed by atoms with E-state index in [1.54, 1.807) is 0 Å². The summed E-state index contributed by atoms with van der Waals surface area (Å²) in [6.45, 7) is 0. The largest absolute Gasteiger partial charge is 0.309 e. The third kappa shape index (κ3) is 5.99. The van der Waals surface area contributed by atoms with Gasteiger partial charge in [0, 0.05) is 32.9 Å².